The van der Waals surface area contributed by atoms with Gasteiger partial charge in [0.25, 0.3) is 10.2 Å². The zero-order valence-electron chi connectivity index (χ0n) is 22.2. The van der Waals surface area contributed by atoms with Crippen LogP contribution in [0.4, 0.5) is 5.69 Å². The number of nitrogens with two attached hydrogens (primary N) is 1. The third kappa shape index (κ3) is 8.08. The number of aromatic nitrogens is 1. The summed E-state index contributed by atoms with van der Waals surface area (Å²) in [6, 6.07) is 10.4. The highest BCUT2D eigenvalue weighted by atomic mass is 35.5. The van der Waals surface area contributed by atoms with Gasteiger partial charge in [-0.3, -0.25) is 9.71 Å². The minimum Gasteiger partial charge on any atom is -0.380 e. The first-order valence-corrected chi connectivity index (χ1v) is 15.0. The number of carbonyl (C=O) groups excluding carboxylic acids is 1. The van der Waals surface area contributed by atoms with Crippen molar-refractivity contribution in [2.24, 2.45) is 11.7 Å². The van der Waals surface area contributed by atoms with Crippen molar-refractivity contribution >= 4 is 45.1 Å². The number of anilines is 1. The quantitative estimate of drug-likeness (QED) is 0.238. The lowest BCUT2D eigenvalue weighted by atomic mass is 9.88. The second-order valence-corrected chi connectivity index (χ2v) is 13.1. The molecule has 1 aromatic carbocycles. The van der Waals surface area contributed by atoms with Crippen molar-refractivity contribution in [3.05, 3.63) is 58.7 Å². The van der Waals surface area contributed by atoms with E-state index >= 15 is 0 Å². The van der Waals surface area contributed by atoms with Crippen LogP contribution in [0.1, 0.15) is 40.3 Å². The number of thiophene rings is 1. The van der Waals surface area contributed by atoms with Gasteiger partial charge in [-0.2, -0.15) is 13.1 Å². The SMILES string of the molecule is CC(C)NS(=O)(=O)Nc1ccc(-c2cc(-c3ccnc(C(C)(C)COCC(C)C(N)C=O)c3)cs2)c(Cl)c1. The summed E-state index contributed by atoms with van der Waals surface area (Å²) >= 11 is 8.09. The van der Waals surface area contributed by atoms with Crippen LogP contribution in [-0.4, -0.2) is 45.0 Å². The molecule has 0 aliphatic carbocycles. The monoisotopic (exact) mass is 578 g/mol. The van der Waals surface area contributed by atoms with Gasteiger partial charge in [0, 0.05) is 39.7 Å². The first-order chi connectivity index (χ1) is 17.8. The minimum absolute atomic E-state index is 0.0652. The van der Waals surface area contributed by atoms with Gasteiger partial charge in [-0.1, -0.05) is 32.4 Å². The number of pyridine rings is 1. The highest BCUT2D eigenvalue weighted by molar-refractivity contribution is 7.90. The Morgan fingerprint density at radius 3 is 2.55 bits per heavy atom. The molecule has 2 heterocycles. The van der Waals surface area contributed by atoms with Crippen molar-refractivity contribution in [3.8, 4) is 21.6 Å². The normalized spacial score (nSPS) is 13.9. The number of benzene rings is 1. The van der Waals surface area contributed by atoms with Crippen LogP contribution in [0.15, 0.2) is 48.0 Å². The molecular formula is C27H35ClN4O4S2. The zero-order valence-corrected chi connectivity index (χ0v) is 24.6. The second kappa shape index (κ2) is 12.7. The Kier molecular flexibility index (Phi) is 10.1. The second-order valence-electron chi connectivity index (χ2n) is 10.3. The average molecular weight is 579 g/mol. The van der Waals surface area contributed by atoms with Crippen molar-refractivity contribution in [1.29, 1.82) is 0 Å². The first kappa shape index (κ1) is 30.2. The number of hydrogen-bond donors (Lipinski definition) is 3. The molecule has 8 nitrogen and oxygen atoms in total. The van der Waals surface area contributed by atoms with Crippen molar-refractivity contribution in [2.45, 2.75) is 52.1 Å². The molecule has 11 heteroatoms. The summed E-state index contributed by atoms with van der Waals surface area (Å²) in [7, 11) is -3.68. The molecule has 0 fully saturated rings. The fraction of sp³-hybridized carbons (Fsp3) is 0.407. The molecule has 0 amide bonds. The molecule has 2 aromatic heterocycles. The fourth-order valence-corrected chi connectivity index (χ4v) is 6.11. The lowest BCUT2D eigenvalue weighted by Crippen LogP contribution is -2.35. The van der Waals surface area contributed by atoms with Gasteiger partial charge in [0.05, 0.1) is 30.0 Å². The molecule has 38 heavy (non-hydrogen) atoms. The smallest absolute Gasteiger partial charge is 0.299 e. The van der Waals surface area contributed by atoms with Crippen LogP contribution in [0.3, 0.4) is 0 Å². The Hall–Kier alpha value is -2.34. The van der Waals surface area contributed by atoms with Gasteiger partial charge in [-0.15, -0.1) is 11.3 Å². The number of hydrogen-bond acceptors (Lipinski definition) is 7. The van der Waals surface area contributed by atoms with E-state index in [1.807, 2.05) is 13.0 Å². The van der Waals surface area contributed by atoms with Crippen LogP contribution in [0.5, 0.6) is 0 Å². The lowest BCUT2D eigenvalue weighted by molar-refractivity contribution is -0.110. The molecule has 206 valence electrons. The predicted octanol–water partition coefficient (Wildman–Crippen LogP) is 5.24. The van der Waals surface area contributed by atoms with E-state index in [1.165, 1.54) is 0 Å². The predicted molar refractivity (Wildman–Crippen MR) is 156 cm³/mol. The van der Waals surface area contributed by atoms with Crippen LogP contribution in [0.2, 0.25) is 5.02 Å². The van der Waals surface area contributed by atoms with Crippen LogP contribution < -0.4 is 15.2 Å². The van der Waals surface area contributed by atoms with Crippen molar-refractivity contribution < 1.29 is 17.9 Å². The molecule has 0 saturated heterocycles. The molecule has 0 aliphatic rings. The summed E-state index contributed by atoms with van der Waals surface area (Å²) < 4.78 is 35.2. The van der Waals surface area contributed by atoms with Gasteiger partial charge in [-0.25, -0.2) is 0 Å². The summed E-state index contributed by atoms with van der Waals surface area (Å²) in [5.74, 6) is -0.0652. The fourth-order valence-electron chi connectivity index (χ4n) is 3.70. The van der Waals surface area contributed by atoms with E-state index < -0.39 is 16.3 Å². The standard InChI is InChI=1S/C27H35ClN4O4S2/c1-17(2)31-38(34,35)32-21-6-7-22(23(28)12-21)25-10-20(15-37-25)19-8-9-30-26(11-19)27(4,5)16-36-14-18(3)24(29)13-33/h6-13,15,17-18,24,31-32H,14,16,29H2,1-5H3. The van der Waals surface area contributed by atoms with Gasteiger partial charge in [0.1, 0.15) is 6.29 Å². The number of rotatable bonds is 13. The maximum absolute atomic E-state index is 12.2. The summed E-state index contributed by atoms with van der Waals surface area (Å²) in [5.41, 5.74) is 9.54. The Bertz CT molecular complexity index is 1360. The van der Waals surface area contributed by atoms with E-state index in [0.29, 0.717) is 23.9 Å². The number of carbonyl (C=O) groups is 1. The summed E-state index contributed by atoms with van der Waals surface area (Å²) in [6.07, 6.45) is 2.53. The molecule has 0 saturated carbocycles. The third-order valence-corrected chi connectivity index (χ3v) is 8.48. The Morgan fingerprint density at radius 1 is 1.16 bits per heavy atom. The van der Waals surface area contributed by atoms with Crippen LogP contribution in [-0.2, 0) is 25.2 Å². The highest BCUT2D eigenvalue weighted by Gasteiger charge is 2.24. The van der Waals surface area contributed by atoms with E-state index in [9.17, 15) is 13.2 Å². The molecule has 2 unspecified atom stereocenters. The summed E-state index contributed by atoms with van der Waals surface area (Å²) in [4.78, 5) is 16.4. The largest absolute Gasteiger partial charge is 0.380 e. The molecular weight excluding hydrogens is 544 g/mol. The molecule has 0 radical (unpaired) electrons. The first-order valence-electron chi connectivity index (χ1n) is 12.3. The third-order valence-electron chi connectivity index (χ3n) is 5.92. The highest BCUT2D eigenvalue weighted by Crippen LogP contribution is 2.38. The van der Waals surface area contributed by atoms with Gasteiger partial charge in [-0.05, 0) is 66.8 Å². The maximum atomic E-state index is 12.2. The number of aldehydes is 1. The summed E-state index contributed by atoms with van der Waals surface area (Å²) in [5, 5.41) is 2.50. The molecule has 0 spiro atoms. The minimum atomic E-state index is -3.68. The van der Waals surface area contributed by atoms with Crippen molar-refractivity contribution in [2.75, 3.05) is 17.9 Å². The molecule has 3 aromatic rings. The van der Waals surface area contributed by atoms with E-state index in [2.05, 4.69) is 45.8 Å². The van der Waals surface area contributed by atoms with Gasteiger partial charge >= 0.3 is 0 Å². The van der Waals surface area contributed by atoms with Crippen LogP contribution in [0, 0.1) is 5.92 Å². The van der Waals surface area contributed by atoms with E-state index in [-0.39, 0.29) is 17.4 Å². The topological polar surface area (TPSA) is 123 Å². The van der Waals surface area contributed by atoms with E-state index in [4.69, 9.17) is 22.1 Å². The van der Waals surface area contributed by atoms with Gasteiger partial charge < -0.3 is 15.3 Å². The van der Waals surface area contributed by atoms with E-state index in [1.54, 1.807) is 49.6 Å². The van der Waals surface area contributed by atoms with Crippen molar-refractivity contribution in [3.63, 3.8) is 0 Å². The van der Waals surface area contributed by atoms with Crippen LogP contribution in [0.25, 0.3) is 21.6 Å². The van der Waals surface area contributed by atoms with E-state index in [0.717, 1.165) is 33.5 Å². The Morgan fingerprint density at radius 2 is 1.89 bits per heavy atom. The molecule has 0 aliphatic heterocycles. The number of halogens is 1. The average Bonchev–Trinajstić information content (AvgIpc) is 3.32. The van der Waals surface area contributed by atoms with Gasteiger partial charge in [0.15, 0.2) is 0 Å². The molecule has 3 rings (SSSR count). The number of nitrogens with zero attached hydrogens (tertiary/aromatic N) is 1. The van der Waals surface area contributed by atoms with Crippen molar-refractivity contribution in [1.82, 2.24) is 9.71 Å². The Labute approximate surface area is 234 Å². The Balaban J connectivity index is 1.74. The number of nitrogens with one attached hydrogen (secondary N) is 2. The van der Waals surface area contributed by atoms with Gasteiger partial charge in [0.2, 0.25) is 0 Å². The van der Waals surface area contributed by atoms with Crippen LogP contribution >= 0.6 is 22.9 Å². The molecule has 2 atom stereocenters. The lowest BCUT2D eigenvalue weighted by Gasteiger charge is -2.25. The molecule has 0 bridgehead atoms. The number of ether oxygens (including phenoxy) is 1. The molecule has 4 N–H and O–H groups in total. The summed E-state index contributed by atoms with van der Waals surface area (Å²) in [6.45, 7) is 10.3. The maximum Gasteiger partial charge on any atom is 0.299 e. The zero-order chi connectivity index (χ0) is 28.1.